The fourth-order valence-corrected chi connectivity index (χ4v) is 7.29. The van der Waals surface area contributed by atoms with Gasteiger partial charge < -0.3 is 9.84 Å². The summed E-state index contributed by atoms with van der Waals surface area (Å²) in [6, 6.07) is 30.1. The van der Waals surface area contributed by atoms with E-state index in [0.29, 0.717) is 25.3 Å². The molecule has 3 aromatic carbocycles. The molecule has 2 aromatic heterocycles. The molecule has 3 aliphatic rings. The van der Waals surface area contributed by atoms with Crippen molar-refractivity contribution in [2.45, 2.75) is 63.9 Å². The van der Waals surface area contributed by atoms with Gasteiger partial charge in [0.15, 0.2) is 12.4 Å². The zero-order valence-corrected chi connectivity index (χ0v) is 23.9. The van der Waals surface area contributed by atoms with Gasteiger partial charge in [-0.2, -0.15) is 0 Å². The Balaban J connectivity index is 1.21. The molecule has 1 saturated carbocycles. The Bertz CT molecular complexity index is 1760. The molecular weight excluding hydrogens is 522 g/mol. The number of benzene rings is 3. The van der Waals surface area contributed by atoms with Crippen LogP contribution in [0, 0.1) is 0 Å². The van der Waals surface area contributed by atoms with Crippen LogP contribution in [0.25, 0.3) is 28.1 Å². The summed E-state index contributed by atoms with van der Waals surface area (Å²) in [6.45, 7) is 6.19. The van der Waals surface area contributed by atoms with Crippen molar-refractivity contribution in [3.05, 3.63) is 113 Å². The van der Waals surface area contributed by atoms with E-state index in [2.05, 4.69) is 105 Å². The molecule has 1 N–H and O–H groups in total. The van der Waals surface area contributed by atoms with Crippen molar-refractivity contribution in [2.24, 2.45) is 0 Å². The monoisotopic (exact) mass is 555 g/mol. The Labute approximate surface area is 245 Å². The van der Waals surface area contributed by atoms with Crippen LogP contribution in [0.4, 0.5) is 0 Å². The molecule has 0 spiro atoms. The third-order valence-corrected chi connectivity index (χ3v) is 9.23. The lowest BCUT2D eigenvalue weighted by atomic mass is 9.61. The minimum absolute atomic E-state index is 0.197. The van der Waals surface area contributed by atoms with Crippen LogP contribution in [0.2, 0.25) is 0 Å². The molecule has 8 rings (SSSR count). The van der Waals surface area contributed by atoms with Crippen molar-refractivity contribution in [3.63, 3.8) is 0 Å². The summed E-state index contributed by atoms with van der Waals surface area (Å²) in [6.07, 6.45) is 2.20. The van der Waals surface area contributed by atoms with Crippen molar-refractivity contribution in [1.29, 1.82) is 0 Å². The number of aryl methyl sites for hydroxylation is 1. The standard InChI is InChI=1S/C35H33N5O2/c1-3-30-37-38-31-20-42-33-29(40(30)31)17-28(23-9-5-4-6-10-23)32(36-33)24-13-15-27(16-14-24)35(21-34(2,41)22-35)39-18-25-11-7-8-12-26(25)19-39/h4-17,41H,3,18-22H2,1-2H3. The molecule has 0 bridgehead atoms. The average molecular weight is 556 g/mol. The molecule has 2 aliphatic heterocycles. The van der Waals surface area contributed by atoms with Gasteiger partial charge in [0.2, 0.25) is 5.88 Å². The van der Waals surface area contributed by atoms with Crippen LogP contribution in [0.5, 0.6) is 5.88 Å². The van der Waals surface area contributed by atoms with Gasteiger partial charge in [-0.3, -0.25) is 9.47 Å². The molecular formula is C35H33N5O2. The number of rotatable bonds is 5. The molecule has 4 heterocycles. The van der Waals surface area contributed by atoms with Crippen LogP contribution in [0.3, 0.4) is 0 Å². The summed E-state index contributed by atoms with van der Waals surface area (Å²) < 4.78 is 8.21. The molecule has 5 aromatic rings. The van der Waals surface area contributed by atoms with Crippen molar-refractivity contribution in [3.8, 4) is 34.0 Å². The Kier molecular flexibility index (Phi) is 5.65. The van der Waals surface area contributed by atoms with Gasteiger partial charge in [0.05, 0.1) is 16.8 Å². The summed E-state index contributed by atoms with van der Waals surface area (Å²) in [5, 5.41) is 19.7. The molecule has 7 heteroatoms. The lowest BCUT2D eigenvalue weighted by Crippen LogP contribution is -2.60. The SMILES string of the molecule is CCc1nnc2n1-c1cc(-c3ccccc3)c(-c3ccc(C4(N5Cc6ccccc6C5)CC(C)(O)C4)cc3)nc1OC2. The Morgan fingerprint density at radius 2 is 1.55 bits per heavy atom. The number of fused-ring (bicyclic) bond motifs is 4. The Morgan fingerprint density at radius 3 is 2.21 bits per heavy atom. The lowest BCUT2D eigenvalue weighted by Gasteiger charge is -2.57. The highest BCUT2D eigenvalue weighted by atomic mass is 16.5. The van der Waals surface area contributed by atoms with Crippen molar-refractivity contribution in [1.82, 2.24) is 24.6 Å². The molecule has 0 unspecified atom stereocenters. The first kappa shape index (κ1) is 25.4. The predicted octanol–water partition coefficient (Wildman–Crippen LogP) is 6.21. The molecule has 42 heavy (non-hydrogen) atoms. The average Bonchev–Trinajstić information content (AvgIpc) is 3.64. The number of pyridine rings is 1. The van der Waals surface area contributed by atoms with Crippen LogP contribution < -0.4 is 4.74 Å². The fourth-order valence-electron chi connectivity index (χ4n) is 7.29. The van der Waals surface area contributed by atoms with Crippen molar-refractivity contribution < 1.29 is 9.84 Å². The predicted molar refractivity (Wildman–Crippen MR) is 161 cm³/mol. The van der Waals surface area contributed by atoms with Crippen LogP contribution in [0.15, 0.2) is 84.9 Å². The highest BCUT2D eigenvalue weighted by Gasteiger charge is 2.56. The van der Waals surface area contributed by atoms with E-state index < -0.39 is 5.60 Å². The molecule has 0 saturated heterocycles. The minimum Gasteiger partial charge on any atom is -0.468 e. The summed E-state index contributed by atoms with van der Waals surface area (Å²) >= 11 is 0. The minimum atomic E-state index is -0.663. The third kappa shape index (κ3) is 3.91. The first-order valence-electron chi connectivity index (χ1n) is 14.8. The maximum atomic E-state index is 10.9. The molecule has 0 radical (unpaired) electrons. The van der Waals surface area contributed by atoms with Gasteiger partial charge in [-0.1, -0.05) is 85.8 Å². The second-order valence-corrected chi connectivity index (χ2v) is 12.2. The van der Waals surface area contributed by atoms with E-state index in [1.54, 1.807) is 0 Å². The second kappa shape index (κ2) is 9.34. The van der Waals surface area contributed by atoms with Crippen LogP contribution >= 0.6 is 0 Å². The third-order valence-electron chi connectivity index (χ3n) is 9.23. The molecule has 1 fully saturated rings. The van der Waals surface area contributed by atoms with Crippen LogP contribution in [-0.2, 0) is 31.7 Å². The zero-order chi connectivity index (χ0) is 28.5. The zero-order valence-electron chi connectivity index (χ0n) is 23.9. The second-order valence-electron chi connectivity index (χ2n) is 12.2. The fraction of sp³-hybridized carbons (Fsp3) is 0.286. The summed E-state index contributed by atoms with van der Waals surface area (Å²) in [4.78, 5) is 7.67. The van der Waals surface area contributed by atoms with Gasteiger partial charge in [0.1, 0.15) is 11.5 Å². The van der Waals surface area contributed by atoms with Crippen LogP contribution in [0.1, 0.15) is 55.0 Å². The molecule has 1 aliphatic carbocycles. The first-order chi connectivity index (χ1) is 20.4. The maximum absolute atomic E-state index is 10.9. The molecule has 0 atom stereocenters. The van der Waals surface area contributed by atoms with Gasteiger partial charge >= 0.3 is 0 Å². The number of aliphatic hydroxyl groups is 1. The normalized spacial score (nSPS) is 22.5. The number of hydrogen-bond donors (Lipinski definition) is 1. The van der Waals surface area contributed by atoms with E-state index in [1.807, 2.05) is 13.0 Å². The first-order valence-corrected chi connectivity index (χ1v) is 14.8. The Hall–Kier alpha value is -4.33. The van der Waals surface area contributed by atoms with Gasteiger partial charge in [-0.05, 0) is 48.1 Å². The number of hydrogen-bond acceptors (Lipinski definition) is 6. The lowest BCUT2D eigenvalue weighted by molar-refractivity contribution is -0.146. The molecule has 0 amide bonds. The van der Waals surface area contributed by atoms with E-state index in [1.165, 1.54) is 16.7 Å². The number of nitrogens with zero attached hydrogens (tertiary/aromatic N) is 5. The van der Waals surface area contributed by atoms with E-state index in [4.69, 9.17) is 9.72 Å². The van der Waals surface area contributed by atoms with Crippen molar-refractivity contribution in [2.75, 3.05) is 0 Å². The van der Waals surface area contributed by atoms with Gasteiger partial charge in [-0.25, -0.2) is 4.98 Å². The highest BCUT2D eigenvalue weighted by Crippen LogP contribution is 2.54. The Morgan fingerprint density at radius 1 is 0.857 bits per heavy atom. The summed E-state index contributed by atoms with van der Waals surface area (Å²) in [5.74, 6) is 2.29. The molecule has 210 valence electrons. The smallest absolute Gasteiger partial charge is 0.239 e. The summed E-state index contributed by atoms with van der Waals surface area (Å²) in [7, 11) is 0. The highest BCUT2D eigenvalue weighted by molar-refractivity contribution is 5.83. The topological polar surface area (TPSA) is 76.3 Å². The van der Waals surface area contributed by atoms with Crippen molar-refractivity contribution >= 4 is 0 Å². The van der Waals surface area contributed by atoms with Crippen LogP contribution in [-0.4, -0.2) is 35.4 Å². The van der Waals surface area contributed by atoms with E-state index in [-0.39, 0.29) is 5.54 Å². The van der Waals surface area contributed by atoms with Gasteiger partial charge in [0.25, 0.3) is 0 Å². The summed E-state index contributed by atoms with van der Waals surface area (Å²) in [5.41, 5.74) is 8.05. The van der Waals surface area contributed by atoms with E-state index in [9.17, 15) is 5.11 Å². The van der Waals surface area contributed by atoms with Gasteiger partial charge in [0, 0.05) is 30.6 Å². The molecule has 7 nitrogen and oxygen atoms in total. The van der Waals surface area contributed by atoms with Gasteiger partial charge in [-0.15, -0.1) is 10.2 Å². The van der Waals surface area contributed by atoms with E-state index >= 15 is 0 Å². The van der Waals surface area contributed by atoms with E-state index in [0.717, 1.165) is 59.2 Å². The number of aromatic nitrogens is 4. The number of ether oxygens (including phenoxy) is 1. The maximum Gasteiger partial charge on any atom is 0.239 e. The largest absolute Gasteiger partial charge is 0.468 e. The quantitative estimate of drug-likeness (QED) is 0.278.